The Morgan fingerprint density at radius 3 is 2.39 bits per heavy atom. The third-order valence-electron chi connectivity index (χ3n) is 7.84. The summed E-state index contributed by atoms with van der Waals surface area (Å²) in [4.78, 5) is 26.7. The fourth-order valence-corrected chi connectivity index (χ4v) is 5.44. The highest BCUT2D eigenvalue weighted by Gasteiger charge is 2.19. The Hall–Kier alpha value is -4.07. The number of piperazine rings is 1. The fraction of sp³-hybridized carbons (Fsp3) is 0.324. The van der Waals surface area contributed by atoms with Crippen molar-refractivity contribution in [3.8, 4) is 22.5 Å². The molecule has 1 fully saturated rings. The first-order valence-electron chi connectivity index (χ1n) is 14.4. The second-order valence-corrected chi connectivity index (χ2v) is 10.5. The summed E-state index contributed by atoms with van der Waals surface area (Å²) in [6.45, 7) is 12.9. The lowest BCUT2D eigenvalue weighted by Crippen LogP contribution is -2.46. The van der Waals surface area contributed by atoms with Crippen LogP contribution in [0.1, 0.15) is 35.7 Å². The van der Waals surface area contributed by atoms with Crippen molar-refractivity contribution in [3.63, 3.8) is 0 Å². The second-order valence-electron chi connectivity index (χ2n) is 10.5. The SMILES string of the molecule is C=C(/C=C\C)CCN1CCN(c2cnc(-c3ccc(-c4ccc(C(=O)OC)c(C5=CCNCC5)c4)cc3)nc2)CC1. The average Bonchev–Trinajstić information content (AvgIpc) is 3.04. The maximum absolute atomic E-state index is 12.4. The topological polar surface area (TPSA) is 70.6 Å². The Morgan fingerprint density at radius 2 is 1.73 bits per heavy atom. The van der Waals surface area contributed by atoms with E-state index in [0.717, 1.165) is 86.6 Å². The number of hydrogen-bond acceptors (Lipinski definition) is 7. The maximum atomic E-state index is 12.4. The third-order valence-corrected chi connectivity index (χ3v) is 7.84. The average molecular weight is 550 g/mol. The highest BCUT2D eigenvalue weighted by molar-refractivity contribution is 5.96. The Morgan fingerprint density at radius 1 is 1.02 bits per heavy atom. The standard InChI is InChI=1S/C34H39N5O2/c1-4-5-25(2)14-17-38-18-20-39(21-19-38)30-23-36-33(37-24-30)28-8-6-26(7-9-28)29-10-11-31(34(40)41-3)32(22-29)27-12-15-35-16-13-27/h4-12,22-24,35H,2,13-21H2,1,3H3/b5-4-. The zero-order valence-corrected chi connectivity index (χ0v) is 24.1. The van der Waals surface area contributed by atoms with Crippen LogP contribution in [0.4, 0.5) is 5.69 Å². The molecule has 7 heteroatoms. The van der Waals surface area contributed by atoms with E-state index < -0.39 is 0 Å². The van der Waals surface area contributed by atoms with Crippen LogP contribution in [0.15, 0.2) is 85.2 Å². The van der Waals surface area contributed by atoms with Crippen molar-refractivity contribution >= 4 is 17.2 Å². The smallest absolute Gasteiger partial charge is 0.338 e. The van der Waals surface area contributed by atoms with Gasteiger partial charge in [0.05, 0.1) is 30.8 Å². The molecule has 0 bridgehead atoms. The van der Waals surface area contributed by atoms with Gasteiger partial charge < -0.3 is 15.0 Å². The van der Waals surface area contributed by atoms with Crippen molar-refractivity contribution in [1.29, 1.82) is 0 Å². The zero-order valence-electron chi connectivity index (χ0n) is 24.1. The van der Waals surface area contributed by atoms with Gasteiger partial charge in [-0.3, -0.25) is 4.90 Å². The summed E-state index contributed by atoms with van der Waals surface area (Å²) in [5, 5.41) is 3.34. The van der Waals surface area contributed by atoms with Crippen LogP contribution in [0.2, 0.25) is 0 Å². The number of benzene rings is 2. The number of carbonyl (C=O) groups excluding carboxylic acids is 1. The maximum Gasteiger partial charge on any atom is 0.338 e. The van der Waals surface area contributed by atoms with Crippen molar-refractivity contribution in [2.75, 3.05) is 57.8 Å². The number of nitrogens with zero attached hydrogens (tertiary/aromatic N) is 4. The minimum absolute atomic E-state index is 0.310. The van der Waals surface area contributed by atoms with Crippen LogP contribution in [0.25, 0.3) is 28.1 Å². The lowest BCUT2D eigenvalue weighted by atomic mass is 9.91. The van der Waals surface area contributed by atoms with E-state index in [9.17, 15) is 4.79 Å². The van der Waals surface area contributed by atoms with Crippen LogP contribution in [0.3, 0.4) is 0 Å². The predicted molar refractivity (Wildman–Crippen MR) is 167 cm³/mol. The van der Waals surface area contributed by atoms with E-state index in [1.807, 2.05) is 37.5 Å². The third kappa shape index (κ3) is 6.99. The summed E-state index contributed by atoms with van der Waals surface area (Å²) < 4.78 is 5.05. The van der Waals surface area contributed by atoms with E-state index in [2.05, 4.69) is 64.2 Å². The quantitative estimate of drug-likeness (QED) is 0.274. The molecule has 7 nitrogen and oxygen atoms in total. The molecule has 5 rings (SSSR count). The zero-order chi connectivity index (χ0) is 28.6. The van der Waals surface area contributed by atoms with Gasteiger partial charge in [0.25, 0.3) is 0 Å². The summed E-state index contributed by atoms with van der Waals surface area (Å²) in [5.41, 5.74) is 8.07. The number of esters is 1. The van der Waals surface area contributed by atoms with Crippen molar-refractivity contribution in [3.05, 3.63) is 96.4 Å². The highest BCUT2D eigenvalue weighted by atomic mass is 16.5. The second kappa shape index (κ2) is 13.5. The van der Waals surface area contributed by atoms with Gasteiger partial charge >= 0.3 is 5.97 Å². The number of aromatic nitrogens is 2. The van der Waals surface area contributed by atoms with E-state index in [-0.39, 0.29) is 5.97 Å². The van der Waals surface area contributed by atoms with Crippen molar-refractivity contribution in [2.24, 2.45) is 0 Å². The molecule has 0 spiro atoms. The first-order valence-corrected chi connectivity index (χ1v) is 14.4. The van der Waals surface area contributed by atoms with Crippen LogP contribution in [-0.4, -0.2) is 73.8 Å². The lowest BCUT2D eigenvalue weighted by Gasteiger charge is -2.35. The molecule has 212 valence electrons. The molecule has 1 N–H and O–H groups in total. The highest BCUT2D eigenvalue weighted by Crippen LogP contribution is 2.31. The fourth-order valence-electron chi connectivity index (χ4n) is 5.44. The van der Waals surface area contributed by atoms with Gasteiger partial charge in [-0.05, 0) is 60.7 Å². The minimum Gasteiger partial charge on any atom is -0.465 e. The molecule has 0 radical (unpaired) electrons. The van der Waals surface area contributed by atoms with Crippen molar-refractivity contribution < 1.29 is 9.53 Å². The molecule has 0 aliphatic carbocycles. The summed E-state index contributed by atoms with van der Waals surface area (Å²) in [6.07, 6.45) is 12.1. The Kier molecular flexibility index (Phi) is 9.39. The monoisotopic (exact) mass is 549 g/mol. The Bertz CT molecular complexity index is 1420. The number of ether oxygens (including phenoxy) is 1. The molecule has 41 heavy (non-hydrogen) atoms. The van der Waals surface area contributed by atoms with Crippen LogP contribution < -0.4 is 10.2 Å². The van der Waals surface area contributed by atoms with Gasteiger partial charge in [-0.2, -0.15) is 0 Å². The summed E-state index contributed by atoms with van der Waals surface area (Å²) >= 11 is 0. The van der Waals surface area contributed by atoms with Gasteiger partial charge in [-0.15, -0.1) is 0 Å². The first kappa shape index (κ1) is 28.5. The van der Waals surface area contributed by atoms with E-state index in [1.165, 1.54) is 18.3 Å². The van der Waals surface area contributed by atoms with Gasteiger partial charge in [0, 0.05) is 44.8 Å². The molecule has 3 aromatic rings. The van der Waals surface area contributed by atoms with Crippen LogP contribution in [0, 0.1) is 0 Å². The van der Waals surface area contributed by atoms with E-state index >= 15 is 0 Å². The summed E-state index contributed by atoms with van der Waals surface area (Å²) in [7, 11) is 1.43. The van der Waals surface area contributed by atoms with Gasteiger partial charge in [-0.25, -0.2) is 14.8 Å². The number of nitrogens with one attached hydrogen (secondary N) is 1. The van der Waals surface area contributed by atoms with Gasteiger partial charge in [0.1, 0.15) is 0 Å². The van der Waals surface area contributed by atoms with Crippen molar-refractivity contribution in [1.82, 2.24) is 20.2 Å². The van der Waals surface area contributed by atoms with Crippen LogP contribution >= 0.6 is 0 Å². The molecule has 0 unspecified atom stereocenters. The molecule has 2 aliphatic heterocycles. The van der Waals surface area contributed by atoms with Crippen LogP contribution in [-0.2, 0) is 4.74 Å². The van der Waals surface area contributed by atoms with E-state index in [4.69, 9.17) is 14.7 Å². The summed E-state index contributed by atoms with van der Waals surface area (Å²) in [6, 6.07) is 14.2. The Labute approximate surface area is 243 Å². The number of rotatable bonds is 9. The first-order chi connectivity index (χ1) is 20.1. The normalized spacial score (nSPS) is 16.0. The number of allylic oxidation sites excluding steroid dienone is 2. The number of anilines is 1. The number of hydrogen-bond donors (Lipinski definition) is 1. The predicted octanol–water partition coefficient (Wildman–Crippen LogP) is 5.62. The lowest BCUT2D eigenvalue weighted by molar-refractivity contribution is 0.0600. The molecule has 1 saturated heterocycles. The molecule has 0 amide bonds. The molecule has 0 saturated carbocycles. The molecular formula is C34H39N5O2. The molecular weight excluding hydrogens is 510 g/mol. The van der Waals surface area contributed by atoms with Crippen LogP contribution in [0.5, 0.6) is 0 Å². The van der Waals surface area contributed by atoms with Gasteiger partial charge in [0.2, 0.25) is 0 Å². The van der Waals surface area contributed by atoms with E-state index in [1.54, 1.807) is 0 Å². The molecule has 2 aliphatic rings. The van der Waals surface area contributed by atoms with Crippen molar-refractivity contribution in [2.45, 2.75) is 19.8 Å². The van der Waals surface area contributed by atoms with Gasteiger partial charge in [-0.1, -0.05) is 60.7 Å². The Balaban J connectivity index is 1.24. The molecule has 2 aromatic carbocycles. The molecule has 1 aromatic heterocycles. The number of methoxy groups -OCH3 is 1. The number of carbonyl (C=O) groups is 1. The minimum atomic E-state index is -0.310. The summed E-state index contributed by atoms with van der Waals surface area (Å²) in [5.74, 6) is 0.401. The molecule has 0 atom stereocenters. The van der Waals surface area contributed by atoms with Gasteiger partial charge in [0.15, 0.2) is 5.82 Å². The molecule has 3 heterocycles. The van der Waals surface area contributed by atoms with E-state index in [0.29, 0.717) is 11.4 Å². The largest absolute Gasteiger partial charge is 0.465 e.